The molecule has 0 radical (unpaired) electrons. The maximum Gasteiger partial charge on any atom is 0.271 e. The zero-order chi connectivity index (χ0) is 13.9. The molecule has 106 valence electrons. The molecule has 0 bridgehead atoms. The molecule has 1 amide bonds. The van der Waals surface area contributed by atoms with Gasteiger partial charge >= 0.3 is 0 Å². The van der Waals surface area contributed by atoms with Gasteiger partial charge in [-0.15, -0.1) is 0 Å². The molecule has 6 nitrogen and oxygen atoms in total. The molecule has 1 saturated heterocycles. The molecule has 1 atom stereocenters. The third kappa shape index (κ3) is 2.33. The Morgan fingerprint density at radius 1 is 1.55 bits per heavy atom. The Bertz CT molecular complexity index is 574. The first-order chi connectivity index (χ1) is 9.79. The summed E-state index contributed by atoms with van der Waals surface area (Å²) in [5.74, 6) is 1.12. The summed E-state index contributed by atoms with van der Waals surface area (Å²) in [4.78, 5) is 25.4. The van der Waals surface area contributed by atoms with E-state index in [0.717, 1.165) is 38.2 Å². The van der Waals surface area contributed by atoms with Crippen molar-refractivity contribution in [1.29, 1.82) is 0 Å². The number of nitrogens with one attached hydrogen (secondary N) is 1. The lowest BCUT2D eigenvalue weighted by Gasteiger charge is -2.33. The van der Waals surface area contributed by atoms with E-state index in [9.17, 15) is 4.79 Å². The fourth-order valence-electron chi connectivity index (χ4n) is 2.86. The van der Waals surface area contributed by atoms with Crippen LogP contribution in [0.15, 0.2) is 24.9 Å². The number of rotatable bonds is 3. The maximum atomic E-state index is 12.4. The average Bonchev–Trinajstić information content (AvgIpc) is 3.17. The summed E-state index contributed by atoms with van der Waals surface area (Å²) in [5.41, 5.74) is 0.562. The molecule has 0 aliphatic carbocycles. The van der Waals surface area contributed by atoms with Gasteiger partial charge in [-0.25, -0.2) is 9.97 Å². The number of aromatic amines is 1. The van der Waals surface area contributed by atoms with Crippen molar-refractivity contribution >= 4 is 5.91 Å². The molecular formula is C14H19N5O. The molecule has 0 spiro atoms. The van der Waals surface area contributed by atoms with Gasteiger partial charge in [0.15, 0.2) is 0 Å². The van der Waals surface area contributed by atoms with Crippen LogP contribution in [-0.4, -0.2) is 43.4 Å². The van der Waals surface area contributed by atoms with Gasteiger partial charge in [0.25, 0.3) is 5.91 Å². The Hall–Kier alpha value is -2.11. The highest BCUT2D eigenvalue weighted by molar-refractivity contribution is 5.92. The minimum atomic E-state index is 0.0327. The number of H-pyrrole nitrogens is 1. The molecule has 20 heavy (non-hydrogen) atoms. The quantitative estimate of drug-likeness (QED) is 0.924. The number of piperidine rings is 1. The highest BCUT2D eigenvalue weighted by atomic mass is 16.2. The van der Waals surface area contributed by atoms with Crippen LogP contribution >= 0.6 is 0 Å². The number of carbonyl (C=O) groups excluding carboxylic acids is 1. The molecule has 1 aliphatic rings. The van der Waals surface area contributed by atoms with Gasteiger partial charge in [-0.1, -0.05) is 6.92 Å². The van der Waals surface area contributed by atoms with Crippen LogP contribution in [0.25, 0.3) is 0 Å². The molecule has 0 unspecified atom stereocenters. The number of amides is 1. The van der Waals surface area contributed by atoms with E-state index >= 15 is 0 Å². The topological polar surface area (TPSA) is 66.8 Å². The highest BCUT2D eigenvalue weighted by Gasteiger charge is 2.26. The van der Waals surface area contributed by atoms with Crippen LogP contribution in [0.1, 0.15) is 42.1 Å². The Balaban J connectivity index is 1.75. The minimum absolute atomic E-state index is 0.0327. The number of imidazole rings is 2. The largest absolute Gasteiger partial charge is 0.341 e. The maximum absolute atomic E-state index is 12.4. The third-order valence-electron chi connectivity index (χ3n) is 3.87. The van der Waals surface area contributed by atoms with E-state index in [-0.39, 0.29) is 5.91 Å². The second-order valence-corrected chi connectivity index (χ2v) is 5.12. The van der Waals surface area contributed by atoms with Crippen molar-refractivity contribution in [2.24, 2.45) is 0 Å². The average molecular weight is 273 g/mol. The second-order valence-electron chi connectivity index (χ2n) is 5.12. The van der Waals surface area contributed by atoms with Crippen LogP contribution in [0.5, 0.6) is 0 Å². The lowest BCUT2D eigenvalue weighted by Crippen LogP contribution is -2.41. The summed E-state index contributed by atoms with van der Waals surface area (Å²) in [5, 5.41) is 0. The number of aromatic nitrogens is 4. The zero-order valence-corrected chi connectivity index (χ0v) is 11.6. The molecule has 1 fully saturated rings. The number of hydrogen-bond acceptors (Lipinski definition) is 3. The fraction of sp³-hybridized carbons (Fsp3) is 0.500. The molecule has 3 rings (SSSR count). The number of carbonyl (C=O) groups is 1. The van der Waals surface area contributed by atoms with Crippen LogP contribution in [0, 0.1) is 0 Å². The third-order valence-corrected chi connectivity index (χ3v) is 3.87. The van der Waals surface area contributed by atoms with Crippen LogP contribution in [-0.2, 0) is 6.42 Å². The number of hydrogen-bond donors (Lipinski definition) is 1. The van der Waals surface area contributed by atoms with Crippen LogP contribution < -0.4 is 0 Å². The van der Waals surface area contributed by atoms with E-state index in [0.29, 0.717) is 11.7 Å². The van der Waals surface area contributed by atoms with Gasteiger partial charge in [0.1, 0.15) is 11.5 Å². The molecule has 2 aromatic heterocycles. The zero-order valence-electron chi connectivity index (χ0n) is 11.6. The molecular weight excluding hydrogens is 254 g/mol. The van der Waals surface area contributed by atoms with Gasteiger partial charge in [0, 0.05) is 31.9 Å². The van der Waals surface area contributed by atoms with Crippen molar-refractivity contribution in [3.05, 3.63) is 36.4 Å². The molecule has 6 heteroatoms. The van der Waals surface area contributed by atoms with Crippen molar-refractivity contribution < 1.29 is 4.79 Å². The van der Waals surface area contributed by atoms with E-state index in [2.05, 4.69) is 26.4 Å². The van der Waals surface area contributed by atoms with E-state index in [1.807, 2.05) is 17.3 Å². The predicted molar refractivity (Wildman–Crippen MR) is 74.4 cm³/mol. The van der Waals surface area contributed by atoms with Crippen LogP contribution in [0.3, 0.4) is 0 Å². The van der Waals surface area contributed by atoms with E-state index in [1.54, 1.807) is 12.5 Å². The first-order valence-corrected chi connectivity index (χ1v) is 7.09. The van der Waals surface area contributed by atoms with Crippen molar-refractivity contribution in [2.75, 3.05) is 13.1 Å². The van der Waals surface area contributed by atoms with Gasteiger partial charge < -0.3 is 14.5 Å². The van der Waals surface area contributed by atoms with Crippen LogP contribution in [0.4, 0.5) is 0 Å². The van der Waals surface area contributed by atoms with E-state index in [1.165, 1.54) is 0 Å². The fourth-order valence-corrected chi connectivity index (χ4v) is 2.86. The molecule has 1 N–H and O–H groups in total. The summed E-state index contributed by atoms with van der Waals surface area (Å²) >= 11 is 0. The van der Waals surface area contributed by atoms with Crippen LogP contribution in [0.2, 0.25) is 0 Å². The number of aryl methyl sites for hydroxylation is 1. The lowest BCUT2D eigenvalue weighted by atomic mass is 10.0. The lowest BCUT2D eigenvalue weighted by molar-refractivity contribution is 0.0672. The van der Waals surface area contributed by atoms with E-state index in [4.69, 9.17) is 0 Å². The van der Waals surface area contributed by atoms with Gasteiger partial charge in [-0.2, -0.15) is 0 Å². The Morgan fingerprint density at radius 2 is 2.45 bits per heavy atom. The van der Waals surface area contributed by atoms with Crippen molar-refractivity contribution in [3.8, 4) is 0 Å². The molecule has 2 aromatic rings. The Labute approximate surface area is 117 Å². The first kappa shape index (κ1) is 12.9. The highest BCUT2D eigenvalue weighted by Crippen LogP contribution is 2.23. The van der Waals surface area contributed by atoms with Gasteiger partial charge in [-0.05, 0) is 12.8 Å². The summed E-state index contributed by atoms with van der Waals surface area (Å²) in [6, 6.07) is 0.327. The number of nitrogens with zero attached hydrogens (tertiary/aromatic N) is 4. The predicted octanol–water partition coefficient (Wildman–Crippen LogP) is 1.65. The SMILES string of the molecule is CCc1nccn1[C@@H]1CCCN(C(=O)c2cnc[nH]2)C1. The molecule has 1 aliphatic heterocycles. The molecule has 0 aromatic carbocycles. The van der Waals surface area contributed by atoms with Crippen molar-refractivity contribution in [1.82, 2.24) is 24.4 Å². The normalized spacial score (nSPS) is 19.2. The van der Waals surface area contributed by atoms with Crippen molar-refractivity contribution in [2.45, 2.75) is 32.2 Å². The summed E-state index contributed by atoms with van der Waals surface area (Å²) in [7, 11) is 0. The van der Waals surface area contributed by atoms with E-state index < -0.39 is 0 Å². The summed E-state index contributed by atoms with van der Waals surface area (Å²) < 4.78 is 2.21. The Morgan fingerprint density at radius 3 is 3.20 bits per heavy atom. The summed E-state index contributed by atoms with van der Waals surface area (Å²) in [6.45, 7) is 3.65. The Kier molecular flexibility index (Phi) is 3.54. The standard InChI is InChI=1S/C14H19N5O/c1-2-13-16-5-7-19(13)11-4-3-6-18(9-11)14(20)12-8-15-10-17-12/h5,7-8,10-11H,2-4,6,9H2,1H3,(H,15,17)/t11-/m1/s1. The van der Waals surface area contributed by atoms with Gasteiger partial charge in [0.05, 0.1) is 18.6 Å². The molecule has 0 saturated carbocycles. The van der Waals surface area contributed by atoms with Gasteiger partial charge in [0.2, 0.25) is 0 Å². The molecule has 3 heterocycles. The minimum Gasteiger partial charge on any atom is -0.341 e. The monoisotopic (exact) mass is 273 g/mol. The smallest absolute Gasteiger partial charge is 0.271 e. The number of likely N-dealkylation sites (tertiary alicyclic amines) is 1. The van der Waals surface area contributed by atoms with Crippen molar-refractivity contribution in [3.63, 3.8) is 0 Å². The first-order valence-electron chi connectivity index (χ1n) is 7.09. The second kappa shape index (κ2) is 5.48. The van der Waals surface area contributed by atoms with Gasteiger partial charge in [-0.3, -0.25) is 4.79 Å². The summed E-state index contributed by atoms with van der Waals surface area (Å²) in [6.07, 6.45) is 10.0.